The first-order valence-electron chi connectivity index (χ1n) is 8.94. The van der Waals surface area contributed by atoms with Gasteiger partial charge in [-0.15, -0.1) is 11.3 Å². The minimum Gasteiger partial charge on any atom is -0.456 e. The first-order valence-corrected chi connectivity index (χ1v) is 9.82. The molecule has 0 aliphatic heterocycles. The molecule has 3 aromatic rings. The van der Waals surface area contributed by atoms with E-state index in [0.29, 0.717) is 5.82 Å². The third-order valence-corrected chi connectivity index (χ3v) is 4.63. The Morgan fingerprint density at radius 1 is 1.13 bits per heavy atom. The van der Waals surface area contributed by atoms with Crippen LogP contribution in [0.1, 0.15) is 12.3 Å². The average Bonchev–Trinajstić information content (AvgIpc) is 3.43. The number of halogens is 2. The van der Waals surface area contributed by atoms with E-state index in [0.717, 1.165) is 17.0 Å². The molecule has 0 saturated heterocycles. The number of anilines is 1. The Hall–Kier alpha value is -3.67. The Morgan fingerprint density at radius 3 is 2.71 bits per heavy atom. The van der Waals surface area contributed by atoms with Crippen molar-refractivity contribution in [1.82, 2.24) is 15.5 Å². The number of esters is 1. The highest BCUT2D eigenvalue weighted by Gasteiger charge is 2.14. The van der Waals surface area contributed by atoms with Crippen molar-refractivity contribution >= 4 is 34.8 Å². The molecule has 3 rings (SSSR count). The lowest BCUT2D eigenvalue weighted by Crippen LogP contribution is -2.35. The monoisotopic (exact) mass is 450 g/mol. The molecule has 0 unspecified atom stereocenters. The zero-order valence-electron chi connectivity index (χ0n) is 15.9. The van der Waals surface area contributed by atoms with Crippen LogP contribution >= 0.6 is 11.3 Å². The van der Waals surface area contributed by atoms with Crippen LogP contribution in [0.3, 0.4) is 0 Å². The summed E-state index contributed by atoms with van der Waals surface area (Å²) < 4.78 is 35.8. The second-order valence-corrected chi connectivity index (χ2v) is 7.05. The van der Waals surface area contributed by atoms with E-state index in [2.05, 4.69) is 20.8 Å². The number of hydrogen-bond acceptors (Lipinski definition) is 8. The SMILES string of the molecule is O=C(COC(=O)CCc1nc(-c2cccs2)no1)NCC(=O)Nc1ccc(F)c(F)c1. The summed E-state index contributed by atoms with van der Waals surface area (Å²) in [5.41, 5.74) is 0.0350. The van der Waals surface area contributed by atoms with E-state index in [4.69, 9.17) is 9.26 Å². The number of benzene rings is 1. The topological polar surface area (TPSA) is 123 Å². The summed E-state index contributed by atoms with van der Waals surface area (Å²) >= 11 is 1.45. The van der Waals surface area contributed by atoms with E-state index in [9.17, 15) is 23.2 Å². The Bertz CT molecular complexity index is 1070. The number of aryl methyl sites for hydroxylation is 1. The standard InChI is InChI=1S/C19H16F2N4O5S/c20-12-4-3-11(8-13(12)21)23-15(26)9-22-16(27)10-29-18(28)6-5-17-24-19(25-30-17)14-2-1-7-31-14/h1-4,7-8H,5-6,9-10H2,(H,22,27)(H,23,26). The smallest absolute Gasteiger partial charge is 0.306 e. The molecular formula is C19H16F2N4O5S. The van der Waals surface area contributed by atoms with Crippen molar-refractivity contribution in [3.05, 3.63) is 53.2 Å². The number of rotatable bonds is 9. The molecule has 2 amide bonds. The van der Waals surface area contributed by atoms with E-state index < -0.39 is 42.6 Å². The molecule has 2 heterocycles. The molecule has 2 N–H and O–H groups in total. The second-order valence-electron chi connectivity index (χ2n) is 6.10. The minimum atomic E-state index is -1.11. The predicted molar refractivity (Wildman–Crippen MR) is 105 cm³/mol. The molecule has 2 aromatic heterocycles. The van der Waals surface area contributed by atoms with E-state index in [1.807, 2.05) is 17.5 Å². The van der Waals surface area contributed by atoms with Crippen molar-refractivity contribution < 1.29 is 32.4 Å². The summed E-state index contributed by atoms with van der Waals surface area (Å²) in [7, 11) is 0. The highest BCUT2D eigenvalue weighted by Crippen LogP contribution is 2.21. The van der Waals surface area contributed by atoms with Crippen molar-refractivity contribution in [1.29, 1.82) is 0 Å². The van der Waals surface area contributed by atoms with Gasteiger partial charge in [-0.3, -0.25) is 14.4 Å². The fourth-order valence-electron chi connectivity index (χ4n) is 2.30. The highest BCUT2D eigenvalue weighted by molar-refractivity contribution is 7.13. The quantitative estimate of drug-likeness (QED) is 0.480. The zero-order valence-corrected chi connectivity index (χ0v) is 16.7. The maximum Gasteiger partial charge on any atom is 0.306 e. The molecule has 0 spiro atoms. The molecule has 0 saturated carbocycles. The highest BCUT2D eigenvalue weighted by atomic mass is 32.1. The lowest BCUT2D eigenvalue weighted by Gasteiger charge is -2.08. The maximum atomic E-state index is 13.1. The summed E-state index contributed by atoms with van der Waals surface area (Å²) in [6.07, 6.45) is 0.0748. The Labute approximate surface area is 178 Å². The largest absolute Gasteiger partial charge is 0.456 e. The van der Waals surface area contributed by atoms with E-state index in [1.54, 1.807) is 0 Å². The predicted octanol–water partition coefficient (Wildman–Crippen LogP) is 2.31. The Balaban J connectivity index is 1.33. The van der Waals surface area contributed by atoms with Crippen LogP contribution in [0.2, 0.25) is 0 Å². The van der Waals surface area contributed by atoms with Gasteiger partial charge in [-0.1, -0.05) is 11.2 Å². The molecule has 162 valence electrons. The molecule has 0 radical (unpaired) electrons. The fourth-order valence-corrected chi connectivity index (χ4v) is 2.95. The van der Waals surface area contributed by atoms with Crippen molar-refractivity contribution in [2.24, 2.45) is 0 Å². The molecule has 9 nitrogen and oxygen atoms in total. The van der Waals surface area contributed by atoms with Crippen LogP contribution in [0, 0.1) is 11.6 Å². The van der Waals surface area contributed by atoms with Gasteiger partial charge in [-0.2, -0.15) is 4.98 Å². The fraction of sp³-hybridized carbons (Fsp3) is 0.211. The number of carbonyl (C=O) groups is 3. The number of nitrogens with one attached hydrogen (secondary N) is 2. The van der Waals surface area contributed by atoms with E-state index in [-0.39, 0.29) is 24.4 Å². The normalized spacial score (nSPS) is 10.5. The van der Waals surface area contributed by atoms with E-state index in [1.165, 1.54) is 17.4 Å². The molecule has 0 bridgehead atoms. The molecule has 12 heteroatoms. The van der Waals surface area contributed by atoms with Crippen LogP contribution in [0.25, 0.3) is 10.7 Å². The number of hydrogen-bond donors (Lipinski definition) is 2. The molecular weight excluding hydrogens is 434 g/mol. The first kappa shape index (κ1) is 22.0. The number of amides is 2. The van der Waals surface area contributed by atoms with Crippen LogP contribution in [0.15, 0.2) is 40.2 Å². The molecule has 0 aliphatic rings. The van der Waals surface area contributed by atoms with E-state index >= 15 is 0 Å². The molecule has 0 fully saturated rings. The number of nitrogens with zero attached hydrogens (tertiary/aromatic N) is 2. The van der Waals surface area contributed by atoms with Gasteiger partial charge < -0.3 is 19.9 Å². The molecule has 0 aliphatic carbocycles. The Kier molecular flexibility index (Phi) is 7.38. The van der Waals surface area contributed by atoms with Crippen LogP contribution in [-0.2, 0) is 25.5 Å². The summed E-state index contributed by atoms with van der Waals surface area (Å²) in [4.78, 5) is 40.2. The number of thiophene rings is 1. The third-order valence-electron chi connectivity index (χ3n) is 3.77. The van der Waals surface area contributed by atoms with Gasteiger partial charge in [0.15, 0.2) is 18.2 Å². The van der Waals surface area contributed by atoms with Crippen molar-refractivity contribution in [2.75, 3.05) is 18.5 Å². The summed E-state index contributed by atoms with van der Waals surface area (Å²) in [6, 6.07) is 6.53. The van der Waals surface area contributed by atoms with Crippen molar-refractivity contribution in [2.45, 2.75) is 12.8 Å². The summed E-state index contributed by atoms with van der Waals surface area (Å²) in [5.74, 6) is -3.49. The van der Waals surface area contributed by atoms with Gasteiger partial charge in [0.1, 0.15) is 0 Å². The molecule has 1 aromatic carbocycles. The lowest BCUT2D eigenvalue weighted by molar-refractivity contribution is -0.148. The van der Waals surface area contributed by atoms with Gasteiger partial charge in [0.2, 0.25) is 17.6 Å². The Morgan fingerprint density at radius 2 is 1.97 bits per heavy atom. The van der Waals surface area contributed by atoms with Gasteiger partial charge in [0, 0.05) is 18.2 Å². The maximum absolute atomic E-state index is 13.1. The first-order chi connectivity index (χ1) is 14.9. The third kappa shape index (κ3) is 6.67. The molecule has 31 heavy (non-hydrogen) atoms. The molecule has 0 atom stereocenters. The van der Waals surface area contributed by atoms with Gasteiger partial charge in [-0.25, -0.2) is 8.78 Å². The average molecular weight is 450 g/mol. The lowest BCUT2D eigenvalue weighted by atomic mass is 10.3. The second kappa shape index (κ2) is 10.4. The van der Waals surface area contributed by atoms with Crippen LogP contribution in [0.4, 0.5) is 14.5 Å². The number of aromatic nitrogens is 2. The van der Waals surface area contributed by atoms with Crippen molar-refractivity contribution in [3.63, 3.8) is 0 Å². The zero-order chi connectivity index (χ0) is 22.2. The summed E-state index contributed by atoms with van der Waals surface area (Å²) in [5, 5.41) is 10.2. The van der Waals surface area contributed by atoms with Gasteiger partial charge in [0.05, 0.1) is 17.8 Å². The van der Waals surface area contributed by atoms with Gasteiger partial charge in [0.25, 0.3) is 5.91 Å². The van der Waals surface area contributed by atoms with Gasteiger partial charge in [-0.05, 0) is 23.6 Å². The van der Waals surface area contributed by atoms with Crippen LogP contribution in [-0.4, -0.2) is 41.1 Å². The number of carbonyl (C=O) groups excluding carboxylic acids is 3. The van der Waals surface area contributed by atoms with Crippen LogP contribution < -0.4 is 10.6 Å². The van der Waals surface area contributed by atoms with Crippen LogP contribution in [0.5, 0.6) is 0 Å². The minimum absolute atomic E-state index is 0.0350. The summed E-state index contributed by atoms with van der Waals surface area (Å²) in [6.45, 7) is -1.02. The van der Waals surface area contributed by atoms with Crippen molar-refractivity contribution in [3.8, 4) is 10.7 Å². The number of ether oxygens (including phenoxy) is 1. The van der Waals surface area contributed by atoms with Gasteiger partial charge >= 0.3 is 5.97 Å².